The Balaban J connectivity index is 1.71. The summed E-state index contributed by atoms with van der Waals surface area (Å²) in [6.07, 6.45) is 5.69. The highest BCUT2D eigenvalue weighted by molar-refractivity contribution is 7.89. The van der Waals surface area contributed by atoms with E-state index in [1.807, 2.05) is 18.2 Å². The van der Waals surface area contributed by atoms with Crippen molar-refractivity contribution in [2.45, 2.75) is 36.6 Å². The van der Waals surface area contributed by atoms with Crippen LogP contribution in [0.1, 0.15) is 24.8 Å². The molecule has 3 rings (SSSR count). The zero-order valence-electron chi connectivity index (χ0n) is 14.6. The molecule has 1 atom stereocenters. The summed E-state index contributed by atoms with van der Waals surface area (Å²) in [4.78, 5) is 6.41. The van der Waals surface area contributed by atoms with Crippen molar-refractivity contribution in [3.8, 4) is 0 Å². The molecule has 1 fully saturated rings. The molecule has 7 heteroatoms. The van der Waals surface area contributed by atoms with E-state index in [0.717, 1.165) is 19.5 Å². The summed E-state index contributed by atoms with van der Waals surface area (Å²) in [5.41, 5.74) is 1.22. The maximum absolute atomic E-state index is 12.6. The third-order valence-electron chi connectivity index (χ3n) is 4.74. The first kappa shape index (κ1) is 19.3. The zero-order chi connectivity index (χ0) is 18.4. The molecule has 1 unspecified atom stereocenters. The monoisotopic (exact) mass is 393 g/mol. The third kappa shape index (κ3) is 5.27. The number of sulfonamides is 1. The number of piperidine rings is 1. The van der Waals surface area contributed by atoms with Gasteiger partial charge in [0.05, 0.1) is 0 Å². The molecule has 1 aromatic carbocycles. The minimum absolute atomic E-state index is 0.132. The van der Waals surface area contributed by atoms with Gasteiger partial charge in [0.25, 0.3) is 0 Å². The molecule has 2 aromatic rings. The molecule has 5 nitrogen and oxygen atoms in total. The van der Waals surface area contributed by atoms with Crippen LogP contribution in [0.5, 0.6) is 0 Å². The summed E-state index contributed by atoms with van der Waals surface area (Å²) >= 11 is 5.75. The van der Waals surface area contributed by atoms with Gasteiger partial charge in [-0.2, -0.15) is 0 Å². The fourth-order valence-corrected chi connectivity index (χ4v) is 4.44. The smallest absolute Gasteiger partial charge is 0.242 e. The van der Waals surface area contributed by atoms with Gasteiger partial charge >= 0.3 is 0 Å². The van der Waals surface area contributed by atoms with Crippen molar-refractivity contribution >= 4 is 21.6 Å². The fourth-order valence-electron chi connectivity index (χ4n) is 3.31. The van der Waals surface area contributed by atoms with E-state index in [2.05, 4.69) is 26.7 Å². The summed E-state index contributed by atoms with van der Waals surface area (Å²) < 4.78 is 27.9. The molecular weight excluding hydrogens is 370 g/mol. The van der Waals surface area contributed by atoms with Gasteiger partial charge in [-0.05, 0) is 50.0 Å². The summed E-state index contributed by atoms with van der Waals surface area (Å²) in [5.74, 6) is 0. The molecule has 1 saturated heterocycles. The SMILES string of the molecule is O=S(=O)(NCC(Cc1ccccc1)N1CCCCC1)c1ccc(Cl)nc1. The highest BCUT2D eigenvalue weighted by Gasteiger charge is 2.24. The fraction of sp³-hybridized carbons (Fsp3) is 0.421. The molecule has 0 radical (unpaired) electrons. The summed E-state index contributed by atoms with van der Waals surface area (Å²) in [6.45, 7) is 2.41. The average molecular weight is 394 g/mol. The van der Waals surface area contributed by atoms with Crippen LogP contribution in [0.25, 0.3) is 0 Å². The van der Waals surface area contributed by atoms with Crippen molar-refractivity contribution in [3.05, 3.63) is 59.4 Å². The molecule has 1 aliphatic rings. The molecule has 0 amide bonds. The van der Waals surface area contributed by atoms with Crippen LogP contribution in [0, 0.1) is 0 Å². The topological polar surface area (TPSA) is 62.3 Å². The maximum atomic E-state index is 12.6. The quantitative estimate of drug-likeness (QED) is 0.734. The molecule has 0 aliphatic carbocycles. The predicted molar refractivity (Wildman–Crippen MR) is 104 cm³/mol. The molecule has 2 heterocycles. The highest BCUT2D eigenvalue weighted by Crippen LogP contribution is 2.17. The van der Waals surface area contributed by atoms with E-state index in [-0.39, 0.29) is 16.1 Å². The van der Waals surface area contributed by atoms with Crippen LogP contribution in [-0.2, 0) is 16.4 Å². The molecule has 0 saturated carbocycles. The number of halogens is 1. The molecule has 26 heavy (non-hydrogen) atoms. The molecule has 0 bridgehead atoms. The van der Waals surface area contributed by atoms with Crippen LogP contribution in [0.3, 0.4) is 0 Å². The Kier molecular flexibility index (Phi) is 6.64. The number of pyridine rings is 1. The van der Waals surface area contributed by atoms with Crippen molar-refractivity contribution in [1.82, 2.24) is 14.6 Å². The van der Waals surface area contributed by atoms with E-state index in [0.29, 0.717) is 6.54 Å². The molecule has 1 aromatic heterocycles. The Morgan fingerprint density at radius 3 is 2.46 bits per heavy atom. The van der Waals surface area contributed by atoms with Crippen LogP contribution < -0.4 is 4.72 Å². The normalized spacial score (nSPS) is 17.1. The number of nitrogens with one attached hydrogen (secondary N) is 1. The lowest BCUT2D eigenvalue weighted by Crippen LogP contribution is -2.47. The standard InChI is InChI=1S/C19H24ClN3O2S/c20-19-10-9-18(15-21-19)26(24,25)22-14-17(23-11-5-2-6-12-23)13-16-7-3-1-4-8-16/h1,3-4,7-10,15,17,22H,2,5-6,11-14H2. The van der Waals surface area contributed by atoms with Crippen LogP contribution >= 0.6 is 11.6 Å². The molecular formula is C19H24ClN3O2S. The highest BCUT2D eigenvalue weighted by atomic mass is 35.5. The van der Waals surface area contributed by atoms with Gasteiger partial charge in [0, 0.05) is 18.8 Å². The van der Waals surface area contributed by atoms with Gasteiger partial charge in [-0.3, -0.25) is 4.90 Å². The van der Waals surface area contributed by atoms with Crippen LogP contribution in [0.15, 0.2) is 53.6 Å². The first-order chi connectivity index (χ1) is 12.5. The number of nitrogens with zero attached hydrogens (tertiary/aromatic N) is 2. The number of hydrogen-bond acceptors (Lipinski definition) is 4. The Hall–Kier alpha value is -1.47. The van der Waals surface area contributed by atoms with Gasteiger partial charge < -0.3 is 0 Å². The molecule has 1 aliphatic heterocycles. The number of hydrogen-bond donors (Lipinski definition) is 1. The van der Waals surface area contributed by atoms with Gasteiger partial charge in [0.2, 0.25) is 10.0 Å². The number of rotatable bonds is 7. The van der Waals surface area contributed by atoms with E-state index in [1.54, 1.807) is 0 Å². The van der Waals surface area contributed by atoms with Crippen LogP contribution in [-0.4, -0.2) is 44.0 Å². The first-order valence-corrected chi connectivity index (χ1v) is 10.8. The Bertz CT molecular complexity index is 791. The third-order valence-corrected chi connectivity index (χ3v) is 6.37. The Morgan fingerprint density at radius 2 is 1.81 bits per heavy atom. The number of likely N-dealkylation sites (tertiary alicyclic amines) is 1. The van der Waals surface area contributed by atoms with Gasteiger partial charge in [-0.25, -0.2) is 18.1 Å². The van der Waals surface area contributed by atoms with Crippen molar-refractivity contribution in [3.63, 3.8) is 0 Å². The number of aromatic nitrogens is 1. The van der Waals surface area contributed by atoms with E-state index < -0.39 is 10.0 Å². The summed E-state index contributed by atoms with van der Waals surface area (Å²) in [7, 11) is -3.60. The average Bonchev–Trinajstić information content (AvgIpc) is 2.67. The van der Waals surface area contributed by atoms with Crippen molar-refractivity contribution in [1.29, 1.82) is 0 Å². The van der Waals surface area contributed by atoms with Gasteiger partial charge in [-0.15, -0.1) is 0 Å². The second kappa shape index (κ2) is 8.95. The minimum atomic E-state index is -3.60. The van der Waals surface area contributed by atoms with E-state index in [4.69, 9.17) is 11.6 Å². The number of benzene rings is 1. The predicted octanol–water partition coefficient (Wildman–Crippen LogP) is 3.11. The van der Waals surface area contributed by atoms with Crippen molar-refractivity contribution in [2.24, 2.45) is 0 Å². The van der Waals surface area contributed by atoms with E-state index in [1.165, 1.54) is 43.2 Å². The van der Waals surface area contributed by atoms with Crippen molar-refractivity contribution in [2.75, 3.05) is 19.6 Å². The largest absolute Gasteiger partial charge is 0.299 e. The summed E-state index contributed by atoms with van der Waals surface area (Å²) in [6, 6.07) is 13.3. The van der Waals surface area contributed by atoms with E-state index >= 15 is 0 Å². The van der Waals surface area contributed by atoms with E-state index in [9.17, 15) is 8.42 Å². The van der Waals surface area contributed by atoms with Gasteiger partial charge in [0.1, 0.15) is 10.0 Å². The van der Waals surface area contributed by atoms with Crippen molar-refractivity contribution < 1.29 is 8.42 Å². The lowest BCUT2D eigenvalue weighted by Gasteiger charge is -2.34. The zero-order valence-corrected chi connectivity index (χ0v) is 16.2. The Labute approximate surface area is 160 Å². The van der Waals surface area contributed by atoms with Gasteiger partial charge in [0.15, 0.2) is 0 Å². The van der Waals surface area contributed by atoms with Gasteiger partial charge in [-0.1, -0.05) is 48.4 Å². The molecule has 140 valence electrons. The lowest BCUT2D eigenvalue weighted by molar-refractivity contribution is 0.163. The first-order valence-electron chi connectivity index (χ1n) is 8.94. The molecule has 0 spiro atoms. The lowest BCUT2D eigenvalue weighted by atomic mass is 10.0. The molecule has 1 N–H and O–H groups in total. The maximum Gasteiger partial charge on any atom is 0.242 e. The second-order valence-corrected chi connectivity index (χ2v) is 8.76. The van der Waals surface area contributed by atoms with Crippen LogP contribution in [0.4, 0.5) is 0 Å². The van der Waals surface area contributed by atoms with Crippen LogP contribution in [0.2, 0.25) is 5.15 Å². The summed E-state index contributed by atoms with van der Waals surface area (Å²) in [5, 5.41) is 0.277. The Morgan fingerprint density at radius 1 is 1.08 bits per heavy atom. The minimum Gasteiger partial charge on any atom is -0.299 e. The second-order valence-electron chi connectivity index (χ2n) is 6.61.